The van der Waals surface area contributed by atoms with Crippen molar-refractivity contribution in [2.24, 2.45) is 5.41 Å². The van der Waals surface area contributed by atoms with Crippen LogP contribution >= 0.6 is 0 Å². The summed E-state index contributed by atoms with van der Waals surface area (Å²) in [4.78, 5) is 2.40. The standard InChI is InChI=1S/C10H19NO/c1-2-3-9(12)6-11-7-10(8-11)4-5-10/h9,12H,2-8H2,1H3. The number of likely N-dealkylation sites (tertiary alicyclic amines) is 1. The summed E-state index contributed by atoms with van der Waals surface area (Å²) < 4.78 is 0. The monoisotopic (exact) mass is 169 g/mol. The fraction of sp³-hybridized carbons (Fsp3) is 1.00. The molecule has 1 atom stereocenters. The maximum Gasteiger partial charge on any atom is 0.0667 e. The zero-order valence-corrected chi connectivity index (χ0v) is 7.92. The summed E-state index contributed by atoms with van der Waals surface area (Å²) in [5, 5.41) is 9.53. The first-order valence-corrected chi connectivity index (χ1v) is 5.14. The van der Waals surface area contributed by atoms with Crippen molar-refractivity contribution in [3.05, 3.63) is 0 Å². The van der Waals surface area contributed by atoms with Crippen LogP contribution in [0.1, 0.15) is 32.6 Å². The number of aliphatic hydroxyl groups excluding tert-OH is 1. The van der Waals surface area contributed by atoms with Gasteiger partial charge in [-0.1, -0.05) is 13.3 Å². The molecule has 1 saturated carbocycles. The van der Waals surface area contributed by atoms with Crippen LogP contribution in [0.25, 0.3) is 0 Å². The van der Waals surface area contributed by atoms with Crippen molar-refractivity contribution in [3.63, 3.8) is 0 Å². The third-order valence-electron chi connectivity index (χ3n) is 3.17. The lowest BCUT2D eigenvalue weighted by atomic mass is 9.96. The average Bonchev–Trinajstić information content (AvgIpc) is 2.66. The van der Waals surface area contributed by atoms with E-state index in [-0.39, 0.29) is 6.10 Å². The van der Waals surface area contributed by atoms with E-state index in [1.165, 1.54) is 25.9 Å². The lowest BCUT2D eigenvalue weighted by Gasteiger charge is -2.41. The van der Waals surface area contributed by atoms with Gasteiger partial charge in [0.2, 0.25) is 0 Å². The Morgan fingerprint density at radius 1 is 1.42 bits per heavy atom. The fourth-order valence-corrected chi connectivity index (χ4v) is 2.25. The summed E-state index contributed by atoms with van der Waals surface area (Å²) >= 11 is 0. The molecule has 2 fully saturated rings. The van der Waals surface area contributed by atoms with Crippen molar-refractivity contribution in [2.45, 2.75) is 38.7 Å². The highest BCUT2D eigenvalue weighted by Gasteiger charge is 2.51. The molecule has 12 heavy (non-hydrogen) atoms. The van der Waals surface area contributed by atoms with E-state index in [1.54, 1.807) is 0 Å². The van der Waals surface area contributed by atoms with E-state index < -0.39 is 0 Å². The smallest absolute Gasteiger partial charge is 0.0667 e. The fourth-order valence-electron chi connectivity index (χ4n) is 2.25. The predicted molar refractivity (Wildman–Crippen MR) is 49.0 cm³/mol. The van der Waals surface area contributed by atoms with Crippen molar-refractivity contribution >= 4 is 0 Å². The summed E-state index contributed by atoms with van der Waals surface area (Å²) in [6.45, 7) is 5.55. The van der Waals surface area contributed by atoms with E-state index in [0.29, 0.717) is 0 Å². The number of hydrogen-bond acceptors (Lipinski definition) is 2. The molecule has 1 heterocycles. The molecule has 0 amide bonds. The topological polar surface area (TPSA) is 23.5 Å². The first kappa shape index (κ1) is 8.52. The van der Waals surface area contributed by atoms with Crippen LogP contribution in [0.5, 0.6) is 0 Å². The highest BCUT2D eigenvalue weighted by molar-refractivity contribution is 5.05. The second-order valence-electron chi connectivity index (χ2n) is 4.61. The van der Waals surface area contributed by atoms with Gasteiger partial charge >= 0.3 is 0 Å². The Morgan fingerprint density at radius 3 is 2.58 bits per heavy atom. The van der Waals surface area contributed by atoms with Gasteiger partial charge in [0.1, 0.15) is 0 Å². The van der Waals surface area contributed by atoms with Crippen molar-refractivity contribution in [1.82, 2.24) is 4.90 Å². The molecular formula is C10H19NO. The SMILES string of the molecule is CCCC(O)CN1CC2(CC2)C1. The molecule has 0 aromatic carbocycles. The number of hydrogen-bond donors (Lipinski definition) is 1. The first-order valence-electron chi connectivity index (χ1n) is 5.14. The highest BCUT2D eigenvalue weighted by Crippen LogP contribution is 2.52. The van der Waals surface area contributed by atoms with E-state index in [9.17, 15) is 5.11 Å². The van der Waals surface area contributed by atoms with Gasteiger partial charge < -0.3 is 5.11 Å². The molecule has 1 spiro atoms. The highest BCUT2D eigenvalue weighted by atomic mass is 16.3. The van der Waals surface area contributed by atoms with Crippen molar-refractivity contribution < 1.29 is 5.11 Å². The van der Waals surface area contributed by atoms with Crippen LogP contribution in [0.15, 0.2) is 0 Å². The third kappa shape index (κ3) is 1.64. The van der Waals surface area contributed by atoms with Gasteiger partial charge in [-0.2, -0.15) is 0 Å². The van der Waals surface area contributed by atoms with Crippen LogP contribution in [0.4, 0.5) is 0 Å². The van der Waals surface area contributed by atoms with Crippen molar-refractivity contribution in [2.75, 3.05) is 19.6 Å². The molecule has 2 heteroatoms. The molecule has 1 unspecified atom stereocenters. The zero-order valence-electron chi connectivity index (χ0n) is 7.92. The quantitative estimate of drug-likeness (QED) is 0.684. The normalized spacial score (nSPS) is 28.5. The minimum atomic E-state index is -0.0777. The molecule has 1 aliphatic heterocycles. The second-order valence-corrected chi connectivity index (χ2v) is 4.61. The Hall–Kier alpha value is -0.0800. The molecule has 1 N–H and O–H groups in total. The van der Waals surface area contributed by atoms with Gasteiger partial charge in [-0.25, -0.2) is 0 Å². The number of β-amino-alcohol motifs (C(OH)–C–C–N with tert-alkyl or cyclic N) is 1. The maximum atomic E-state index is 9.53. The van der Waals surface area contributed by atoms with Crippen LogP contribution in [0.3, 0.4) is 0 Å². The molecule has 0 bridgehead atoms. The molecule has 2 rings (SSSR count). The molecular weight excluding hydrogens is 150 g/mol. The summed E-state index contributed by atoms with van der Waals surface area (Å²) in [5.41, 5.74) is 0.742. The average molecular weight is 169 g/mol. The Kier molecular flexibility index (Phi) is 2.13. The molecule has 0 aromatic heterocycles. The molecule has 1 aliphatic carbocycles. The number of nitrogens with zero attached hydrogens (tertiary/aromatic N) is 1. The summed E-state index contributed by atoms with van der Waals surface area (Å²) in [6, 6.07) is 0. The van der Waals surface area contributed by atoms with Gasteiger partial charge in [0, 0.05) is 19.6 Å². The van der Waals surface area contributed by atoms with Gasteiger partial charge in [0.25, 0.3) is 0 Å². The van der Waals surface area contributed by atoms with Gasteiger partial charge in [0.15, 0.2) is 0 Å². The van der Waals surface area contributed by atoms with E-state index in [4.69, 9.17) is 0 Å². The largest absolute Gasteiger partial charge is 0.392 e. The van der Waals surface area contributed by atoms with Gasteiger partial charge in [-0.05, 0) is 24.7 Å². The molecule has 0 aromatic rings. The van der Waals surface area contributed by atoms with Gasteiger partial charge in [-0.15, -0.1) is 0 Å². The van der Waals surface area contributed by atoms with Crippen LogP contribution in [-0.2, 0) is 0 Å². The van der Waals surface area contributed by atoms with E-state index in [0.717, 1.165) is 24.8 Å². The van der Waals surface area contributed by atoms with Crippen molar-refractivity contribution in [1.29, 1.82) is 0 Å². The summed E-state index contributed by atoms with van der Waals surface area (Å²) in [6.07, 6.45) is 4.86. The Balaban J connectivity index is 1.62. The Labute approximate surface area is 74.6 Å². The molecule has 2 nitrogen and oxygen atoms in total. The number of rotatable bonds is 4. The van der Waals surface area contributed by atoms with Crippen LogP contribution in [0.2, 0.25) is 0 Å². The van der Waals surface area contributed by atoms with Gasteiger partial charge in [0.05, 0.1) is 6.10 Å². The minimum absolute atomic E-state index is 0.0777. The third-order valence-corrected chi connectivity index (χ3v) is 3.17. The van der Waals surface area contributed by atoms with E-state index >= 15 is 0 Å². The summed E-state index contributed by atoms with van der Waals surface area (Å²) in [7, 11) is 0. The molecule has 0 radical (unpaired) electrons. The predicted octanol–water partition coefficient (Wildman–Crippen LogP) is 1.24. The van der Waals surface area contributed by atoms with Crippen molar-refractivity contribution in [3.8, 4) is 0 Å². The number of aliphatic hydroxyl groups is 1. The second kappa shape index (κ2) is 3.00. The molecule has 70 valence electrons. The van der Waals surface area contributed by atoms with E-state index in [2.05, 4.69) is 11.8 Å². The molecule has 2 aliphatic rings. The maximum absolute atomic E-state index is 9.53. The Bertz CT molecular complexity index is 157. The van der Waals surface area contributed by atoms with Gasteiger partial charge in [-0.3, -0.25) is 4.90 Å². The zero-order chi connectivity index (χ0) is 8.60. The van der Waals surface area contributed by atoms with E-state index in [1.807, 2.05) is 0 Å². The minimum Gasteiger partial charge on any atom is -0.392 e. The Morgan fingerprint density at radius 2 is 2.08 bits per heavy atom. The summed E-state index contributed by atoms with van der Waals surface area (Å²) in [5.74, 6) is 0. The lowest BCUT2D eigenvalue weighted by molar-refractivity contribution is 0.0254. The lowest BCUT2D eigenvalue weighted by Crippen LogP contribution is -2.51. The van der Waals surface area contributed by atoms with Crippen LogP contribution in [-0.4, -0.2) is 35.7 Å². The van der Waals surface area contributed by atoms with Crippen LogP contribution in [0, 0.1) is 5.41 Å². The first-order chi connectivity index (χ1) is 5.74. The molecule has 1 saturated heterocycles. The van der Waals surface area contributed by atoms with Crippen LogP contribution < -0.4 is 0 Å².